The summed E-state index contributed by atoms with van der Waals surface area (Å²) in [5.74, 6) is 0.425. The topological polar surface area (TPSA) is 71.8 Å². The number of hydrogen-bond donors (Lipinski definition) is 2. The lowest BCUT2D eigenvalue weighted by Gasteiger charge is -2.30. The molecule has 1 saturated carbocycles. The van der Waals surface area contributed by atoms with Crippen molar-refractivity contribution in [1.29, 1.82) is 0 Å². The van der Waals surface area contributed by atoms with E-state index in [0.717, 1.165) is 25.7 Å². The van der Waals surface area contributed by atoms with Crippen LogP contribution >= 0.6 is 0 Å². The number of halogens is 1. The third-order valence-corrected chi connectivity index (χ3v) is 5.07. The molecule has 2 atom stereocenters. The molecule has 2 heterocycles. The molecule has 0 aliphatic heterocycles. The van der Waals surface area contributed by atoms with Crippen LogP contribution in [0, 0.1) is 5.82 Å². The summed E-state index contributed by atoms with van der Waals surface area (Å²) < 4.78 is 15.1. The second kappa shape index (κ2) is 8.21. The van der Waals surface area contributed by atoms with E-state index in [2.05, 4.69) is 45.0 Å². The first-order chi connectivity index (χ1) is 13.7. The molecule has 2 N–H and O–H groups in total. The van der Waals surface area contributed by atoms with Gasteiger partial charge in [0.05, 0.1) is 0 Å². The molecule has 1 aliphatic carbocycles. The minimum absolute atomic E-state index is 0.0916. The van der Waals surface area contributed by atoms with Gasteiger partial charge in [0.15, 0.2) is 17.5 Å². The van der Waals surface area contributed by atoms with E-state index >= 15 is 0 Å². The van der Waals surface area contributed by atoms with Crippen molar-refractivity contribution in [3.8, 4) is 5.82 Å². The summed E-state index contributed by atoms with van der Waals surface area (Å²) >= 11 is 0. The maximum Gasteiger partial charge on any atom is 0.320 e. The number of anilines is 1. The van der Waals surface area contributed by atoms with Gasteiger partial charge in [0.1, 0.15) is 0 Å². The maximum absolute atomic E-state index is 13.8. The number of aromatic nitrogens is 3. The Kier molecular flexibility index (Phi) is 5.32. The average Bonchev–Trinajstić information content (AvgIpc) is 3.17. The summed E-state index contributed by atoms with van der Waals surface area (Å²) in [6.07, 6.45) is 7.16. The Morgan fingerprint density at radius 2 is 1.96 bits per heavy atom. The third kappa shape index (κ3) is 4.19. The molecular weight excluding hydrogens is 357 g/mol. The molecule has 0 saturated heterocycles. The van der Waals surface area contributed by atoms with Gasteiger partial charge in [-0.3, -0.25) is 5.32 Å². The predicted octanol–water partition coefficient (Wildman–Crippen LogP) is 4.25. The fourth-order valence-electron chi connectivity index (χ4n) is 3.74. The van der Waals surface area contributed by atoms with Crippen molar-refractivity contribution in [1.82, 2.24) is 20.1 Å². The van der Waals surface area contributed by atoms with E-state index < -0.39 is 5.82 Å². The number of amides is 2. The third-order valence-electron chi connectivity index (χ3n) is 5.07. The molecule has 28 heavy (non-hydrogen) atoms. The number of carbonyl (C=O) groups excluding carboxylic acids is 1. The number of urea groups is 1. The molecule has 2 aromatic heterocycles. The van der Waals surface area contributed by atoms with Crippen LogP contribution in [-0.2, 0) is 0 Å². The van der Waals surface area contributed by atoms with Crippen LogP contribution in [0.25, 0.3) is 5.82 Å². The van der Waals surface area contributed by atoms with Crippen LogP contribution in [0.15, 0.2) is 60.9 Å². The minimum atomic E-state index is -0.476. The van der Waals surface area contributed by atoms with E-state index in [1.807, 2.05) is 6.07 Å². The monoisotopic (exact) mass is 379 g/mol. The van der Waals surface area contributed by atoms with Crippen molar-refractivity contribution < 1.29 is 9.18 Å². The van der Waals surface area contributed by atoms with Gasteiger partial charge in [-0.1, -0.05) is 36.8 Å². The fraction of sp³-hybridized carbons (Fsp3) is 0.286. The van der Waals surface area contributed by atoms with Crippen LogP contribution in [0.4, 0.5) is 15.0 Å². The SMILES string of the molecule is O=C(Nc1ccn(-c2ncccc2F)n1)NC1CCCC(c2ccccc2)C1. The molecule has 6 nitrogen and oxygen atoms in total. The Morgan fingerprint density at radius 3 is 2.79 bits per heavy atom. The molecule has 0 bridgehead atoms. The summed E-state index contributed by atoms with van der Waals surface area (Å²) in [5, 5.41) is 9.94. The minimum Gasteiger partial charge on any atom is -0.335 e. The summed E-state index contributed by atoms with van der Waals surface area (Å²) in [7, 11) is 0. The van der Waals surface area contributed by atoms with Gasteiger partial charge in [-0.2, -0.15) is 0 Å². The lowest BCUT2D eigenvalue weighted by molar-refractivity contribution is 0.242. The number of rotatable bonds is 4. The van der Waals surface area contributed by atoms with Gasteiger partial charge < -0.3 is 5.32 Å². The van der Waals surface area contributed by atoms with Gasteiger partial charge in [-0.05, 0) is 42.9 Å². The van der Waals surface area contributed by atoms with E-state index in [9.17, 15) is 9.18 Å². The zero-order valence-corrected chi connectivity index (χ0v) is 15.4. The van der Waals surface area contributed by atoms with E-state index in [0.29, 0.717) is 11.7 Å². The van der Waals surface area contributed by atoms with Gasteiger partial charge in [-0.15, -0.1) is 5.10 Å². The maximum atomic E-state index is 13.8. The summed E-state index contributed by atoms with van der Waals surface area (Å²) in [4.78, 5) is 16.3. The first-order valence-corrected chi connectivity index (χ1v) is 9.48. The highest BCUT2D eigenvalue weighted by Gasteiger charge is 2.24. The summed E-state index contributed by atoms with van der Waals surface area (Å²) in [5.41, 5.74) is 1.32. The molecule has 0 radical (unpaired) electrons. The van der Waals surface area contributed by atoms with E-state index in [1.54, 1.807) is 12.3 Å². The Labute approximate surface area is 162 Å². The molecule has 4 rings (SSSR count). The Bertz CT molecular complexity index is 943. The lowest BCUT2D eigenvalue weighted by Crippen LogP contribution is -2.40. The molecule has 1 aliphatic rings. The normalized spacial score (nSPS) is 19.2. The molecule has 1 aromatic carbocycles. The standard InChI is InChI=1S/C21H22FN5O/c22-18-10-5-12-23-20(18)27-13-11-19(26-27)25-21(28)24-17-9-4-8-16(14-17)15-6-2-1-3-7-15/h1-3,5-7,10-13,16-17H,4,8-9,14H2,(H2,24,25,26,28). The Hall–Kier alpha value is -3.22. The van der Waals surface area contributed by atoms with E-state index in [-0.39, 0.29) is 17.9 Å². The Morgan fingerprint density at radius 1 is 1.11 bits per heavy atom. The number of nitrogens with one attached hydrogen (secondary N) is 2. The molecule has 2 unspecified atom stereocenters. The highest BCUT2D eigenvalue weighted by Crippen LogP contribution is 2.32. The second-order valence-electron chi connectivity index (χ2n) is 7.02. The predicted molar refractivity (Wildman–Crippen MR) is 105 cm³/mol. The van der Waals surface area contributed by atoms with Gasteiger partial charge in [0.2, 0.25) is 0 Å². The van der Waals surface area contributed by atoms with E-state index in [4.69, 9.17) is 0 Å². The van der Waals surface area contributed by atoms with E-state index in [1.165, 1.54) is 28.6 Å². The van der Waals surface area contributed by atoms with Crippen molar-refractivity contribution in [2.24, 2.45) is 0 Å². The number of nitrogens with zero attached hydrogens (tertiary/aromatic N) is 3. The van der Waals surface area contributed by atoms with Gasteiger partial charge >= 0.3 is 6.03 Å². The smallest absolute Gasteiger partial charge is 0.320 e. The van der Waals surface area contributed by atoms with Gasteiger partial charge in [0.25, 0.3) is 0 Å². The van der Waals surface area contributed by atoms with Crippen LogP contribution < -0.4 is 10.6 Å². The highest BCUT2D eigenvalue weighted by atomic mass is 19.1. The number of pyridine rings is 1. The Balaban J connectivity index is 1.35. The largest absolute Gasteiger partial charge is 0.335 e. The lowest BCUT2D eigenvalue weighted by atomic mass is 9.81. The molecule has 3 aromatic rings. The second-order valence-corrected chi connectivity index (χ2v) is 7.02. The quantitative estimate of drug-likeness (QED) is 0.712. The van der Waals surface area contributed by atoms with Crippen molar-refractivity contribution >= 4 is 11.8 Å². The summed E-state index contributed by atoms with van der Waals surface area (Å²) in [6, 6.07) is 14.7. The van der Waals surface area contributed by atoms with Crippen molar-refractivity contribution in [3.63, 3.8) is 0 Å². The van der Waals surface area contributed by atoms with Crippen molar-refractivity contribution in [3.05, 3.63) is 72.3 Å². The zero-order valence-electron chi connectivity index (χ0n) is 15.4. The first kappa shape index (κ1) is 18.2. The molecular formula is C21H22FN5O. The molecule has 1 fully saturated rings. The number of hydrogen-bond acceptors (Lipinski definition) is 3. The van der Waals surface area contributed by atoms with Crippen LogP contribution in [0.5, 0.6) is 0 Å². The van der Waals surface area contributed by atoms with Gasteiger partial charge in [0, 0.05) is 24.5 Å². The van der Waals surface area contributed by atoms with Crippen molar-refractivity contribution in [2.75, 3.05) is 5.32 Å². The molecule has 144 valence electrons. The molecule has 0 spiro atoms. The number of carbonyl (C=O) groups is 1. The zero-order chi connectivity index (χ0) is 19.3. The average molecular weight is 379 g/mol. The fourth-order valence-corrected chi connectivity index (χ4v) is 3.74. The summed E-state index contributed by atoms with van der Waals surface area (Å²) in [6.45, 7) is 0. The van der Waals surface area contributed by atoms with Crippen LogP contribution in [0.3, 0.4) is 0 Å². The first-order valence-electron chi connectivity index (χ1n) is 9.48. The van der Waals surface area contributed by atoms with Crippen molar-refractivity contribution in [2.45, 2.75) is 37.6 Å². The van der Waals surface area contributed by atoms with Crippen LogP contribution in [-0.4, -0.2) is 26.8 Å². The molecule has 7 heteroatoms. The van der Waals surface area contributed by atoms with Gasteiger partial charge in [-0.25, -0.2) is 18.9 Å². The molecule has 2 amide bonds. The van der Waals surface area contributed by atoms with Crippen LogP contribution in [0.2, 0.25) is 0 Å². The van der Waals surface area contributed by atoms with Crippen LogP contribution in [0.1, 0.15) is 37.2 Å². The number of benzene rings is 1. The highest BCUT2D eigenvalue weighted by molar-refractivity contribution is 5.88.